The molecule has 1 rings (SSSR count). The summed E-state index contributed by atoms with van der Waals surface area (Å²) in [6.45, 7) is 7.50. The molecule has 1 heterocycles. The molecule has 0 unspecified atom stereocenters. The Morgan fingerprint density at radius 2 is 1.67 bits per heavy atom. The minimum absolute atomic E-state index is 0.126. The molecule has 0 bridgehead atoms. The van der Waals surface area contributed by atoms with Gasteiger partial charge in [-0.15, -0.1) is 0 Å². The maximum absolute atomic E-state index is 12.2. The maximum Gasteiger partial charge on any atom is 0.242 e. The van der Waals surface area contributed by atoms with Crippen LogP contribution in [0.25, 0.3) is 0 Å². The van der Waals surface area contributed by atoms with Gasteiger partial charge in [0.25, 0.3) is 0 Å². The van der Waals surface area contributed by atoms with Crippen molar-refractivity contribution in [2.75, 3.05) is 33.2 Å². The van der Waals surface area contributed by atoms with Gasteiger partial charge in [-0.3, -0.25) is 4.79 Å². The Balaban J connectivity index is 2.60. The van der Waals surface area contributed by atoms with Crippen LogP contribution in [-0.2, 0) is 4.79 Å². The first-order valence-electron chi connectivity index (χ1n) is 5.80. The minimum Gasteiger partial charge on any atom is -0.339 e. The highest BCUT2D eigenvalue weighted by Crippen LogP contribution is 2.16. The average Bonchev–Trinajstić information content (AvgIpc) is 2.28. The van der Waals surface area contributed by atoms with E-state index in [9.17, 15) is 4.79 Å². The Bertz CT molecular complexity index is 218. The van der Waals surface area contributed by atoms with Crippen molar-refractivity contribution in [1.82, 2.24) is 9.80 Å². The molecule has 4 heteroatoms. The Labute approximate surface area is 92.4 Å². The molecule has 1 amide bonds. The highest BCUT2D eigenvalue weighted by atomic mass is 16.2. The number of hydrogen-bond donors (Lipinski definition) is 1. The molecule has 0 aromatic carbocycles. The molecule has 0 aliphatic carbocycles. The van der Waals surface area contributed by atoms with Crippen LogP contribution in [0.5, 0.6) is 0 Å². The minimum atomic E-state index is -0.643. The van der Waals surface area contributed by atoms with Gasteiger partial charge < -0.3 is 15.5 Å². The largest absolute Gasteiger partial charge is 0.339 e. The van der Waals surface area contributed by atoms with E-state index in [0.29, 0.717) is 12.8 Å². The lowest BCUT2D eigenvalue weighted by Crippen LogP contribution is -2.58. The fourth-order valence-electron chi connectivity index (χ4n) is 1.88. The van der Waals surface area contributed by atoms with Crippen LogP contribution in [-0.4, -0.2) is 54.5 Å². The van der Waals surface area contributed by atoms with Gasteiger partial charge in [0, 0.05) is 26.2 Å². The zero-order valence-corrected chi connectivity index (χ0v) is 10.1. The number of amides is 1. The Morgan fingerprint density at radius 1 is 1.20 bits per heavy atom. The first-order chi connectivity index (χ1) is 7.03. The lowest BCUT2D eigenvalue weighted by atomic mass is 9.92. The molecule has 4 nitrogen and oxygen atoms in total. The molecule has 15 heavy (non-hydrogen) atoms. The van der Waals surface area contributed by atoms with Crippen molar-refractivity contribution >= 4 is 5.91 Å². The molecule has 0 aromatic rings. The highest BCUT2D eigenvalue weighted by molar-refractivity contribution is 5.86. The van der Waals surface area contributed by atoms with Crippen molar-refractivity contribution in [3.63, 3.8) is 0 Å². The molecule has 1 saturated heterocycles. The molecular formula is C11H23N3O. The Morgan fingerprint density at radius 3 is 2.07 bits per heavy atom. The van der Waals surface area contributed by atoms with Crippen molar-refractivity contribution in [2.45, 2.75) is 32.2 Å². The van der Waals surface area contributed by atoms with Crippen molar-refractivity contribution in [2.24, 2.45) is 5.73 Å². The predicted molar refractivity (Wildman–Crippen MR) is 61.6 cm³/mol. The average molecular weight is 213 g/mol. The van der Waals surface area contributed by atoms with E-state index in [1.54, 1.807) is 0 Å². The van der Waals surface area contributed by atoms with Gasteiger partial charge >= 0.3 is 0 Å². The van der Waals surface area contributed by atoms with E-state index in [2.05, 4.69) is 11.9 Å². The van der Waals surface area contributed by atoms with Crippen LogP contribution < -0.4 is 5.73 Å². The number of hydrogen-bond acceptors (Lipinski definition) is 3. The molecule has 2 N–H and O–H groups in total. The van der Waals surface area contributed by atoms with Crippen LogP contribution in [0.1, 0.15) is 26.7 Å². The number of carbonyl (C=O) groups is 1. The van der Waals surface area contributed by atoms with E-state index in [4.69, 9.17) is 5.73 Å². The van der Waals surface area contributed by atoms with Crippen LogP contribution in [0.3, 0.4) is 0 Å². The van der Waals surface area contributed by atoms with Gasteiger partial charge in [-0.25, -0.2) is 0 Å². The third-order valence-electron chi connectivity index (χ3n) is 3.48. The molecule has 1 aliphatic rings. The van der Waals surface area contributed by atoms with Crippen LogP contribution in [0.4, 0.5) is 0 Å². The lowest BCUT2D eigenvalue weighted by molar-refractivity contribution is -0.138. The molecule has 1 aliphatic heterocycles. The zero-order chi connectivity index (χ0) is 11.5. The van der Waals surface area contributed by atoms with Crippen molar-refractivity contribution in [3.8, 4) is 0 Å². The van der Waals surface area contributed by atoms with E-state index >= 15 is 0 Å². The van der Waals surface area contributed by atoms with Crippen LogP contribution >= 0.6 is 0 Å². The fraction of sp³-hybridized carbons (Fsp3) is 0.909. The van der Waals surface area contributed by atoms with Crippen LogP contribution in [0.2, 0.25) is 0 Å². The first-order valence-corrected chi connectivity index (χ1v) is 5.80. The summed E-state index contributed by atoms with van der Waals surface area (Å²) in [7, 11) is 2.08. The van der Waals surface area contributed by atoms with Gasteiger partial charge in [0.1, 0.15) is 0 Å². The smallest absolute Gasteiger partial charge is 0.242 e. The van der Waals surface area contributed by atoms with Crippen molar-refractivity contribution < 1.29 is 4.79 Å². The molecule has 1 fully saturated rings. The van der Waals surface area contributed by atoms with Gasteiger partial charge in [-0.1, -0.05) is 13.8 Å². The second-order valence-corrected chi connectivity index (χ2v) is 4.46. The standard InChI is InChI=1S/C11H23N3O/c1-4-11(12,5-2)10(15)14-8-6-13(3)7-9-14/h4-9,12H2,1-3H3. The molecule has 0 saturated carbocycles. The molecule has 0 radical (unpaired) electrons. The second kappa shape index (κ2) is 4.94. The normalized spacial score (nSPS) is 19.3. The molecular weight excluding hydrogens is 190 g/mol. The van der Waals surface area contributed by atoms with E-state index in [1.165, 1.54) is 0 Å². The summed E-state index contributed by atoms with van der Waals surface area (Å²) in [5.41, 5.74) is 5.46. The first kappa shape index (κ1) is 12.5. The predicted octanol–water partition coefficient (Wildman–Crippen LogP) is 0.278. The molecule has 0 atom stereocenters. The summed E-state index contributed by atoms with van der Waals surface area (Å²) < 4.78 is 0. The zero-order valence-electron chi connectivity index (χ0n) is 10.1. The SMILES string of the molecule is CCC(N)(CC)C(=O)N1CCN(C)CC1. The summed E-state index contributed by atoms with van der Waals surface area (Å²) in [4.78, 5) is 16.3. The van der Waals surface area contributed by atoms with Gasteiger partial charge in [-0.05, 0) is 19.9 Å². The number of nitrogens with zero attached hydrogens (tertiary/aromatic N) is 2. The Hall–Kier alpha value is -0.610. The van der Waals surface area contributed by atoms with Gasteiger partial charge in [-0.2, -0.15) is 0 Å². The number of nitrogens with two attached hydrogens (primary N) is 1. The van der Waals surface area contributed by atoms with Crippen LogP contribution in [0.15, 0.2) is 0 Å². The number of likely N-dealkylation sites (N-methyl/N-ethyl adjacent to an activating group) is 1. The third kappa shape index (κ3) is 2.69. The van der Waals surface area contributed by atoms with Crippen molar-refractivity contribution in [1.29, 1.82) is 0 Å². The fourth-order valence-corrected chi connectivity index (χ4v) is 1.88. The van der Waals surface area contributed by atoms with E-state index < -0.39 is 5.54 Å². The van der Waals surface area contributed by atoms with Crippen molar-refractivity contribution in [3.05, 3.63) is 0 Å². The van der Waals surface area contributed by atoms with E-state index in [0.717, 1.165) is 26.2 Å². The number of carbonyl (C=O) groups excluding carboxylic acids is 1. The van der Waals surface area contributed by atoms with Gasteiger partial charge in [0.2, 0.25) is 5.91 Å². The monoisotopic (exact) mass is 213 g/mol. The van der Waals surface area contributed by atoms with E-state index in [-0.39, 0.29) is 5.91 Å². The summed E-state index contributed by atoms with van der Waals surface area (Å²) in [5, 5.41) is 0. The quantitative estimate of drug-likeness (QED) is 0.732. The highest BCUT2D eigenvalue weighted by Gasteiger charge is 2.34. The maximum atomic E-state index is 12.2. The molecule has 0 aromatic heterocycles. The summed E-state index contributed by atoms with van der Waals surface area (Å²) in [6, 6.07) is 0. The van der Waals surface area contributed by atoms with Crippen LogP contribution in [0, 0.1) is 0 Å². The molecule has 88 valence electrons. The summed E-state index contributed by atoms with van der Waals surface area (Å²) >= 11 is 0. The van der Waals surface area contributed by atoms with E-state index in [1.807, 2.05) is 18.7 Å². The summed E-state index contributed by atoms with van der Waals surface area (Å²) in [6.07, 6.45) is 1.43. The second-order valence-electron chi connectivity index (χ2n) is 4.46. The molecule has 0 spiro atoms. The van der Waals surface area contributed by atoms with Gasteiger partial charge in [0.15, 0.2) is 0 Å². The lowest BCUT2D eigenvalue weighted by Gasteiger charge is -2.38. The topological polar surface area (TPSA) is 49.6 Å². The number of piperazine rings is 1. The Kier molecular flexibility index (Phi) is 4.11. The third-order valence-corrected chi connectivity index (χ3v) is 3.48. The summed E-state index contributed by atoms with van der Waals surface area (Å²) in [5.74, 6) is 0.126. The number of rotatable bonds is 3. The van der Waals surface area contributed by atoms with Gasteiger partial charge in [0.05, 0.1) is 5.54 Å².